The van der Waals surface area contributed by atoms with Crippen molar-refractivity contribution in [3.8, 4) is 0 Å². The normalized spacial score (nSPS) is 20.5. The van der Waals surface area contributed by atoms with Crippen molar-refractivity contribution in [1.29, 1.82) is 0 Å². The van der Waals surface area contributed by atoms with Crippen LogP contribution >= 0.6 is 12.6 Å². The highest BCUT2D eigenvalue weighted by Crippen LogP contribution is 2.43. The molecule has 1 aliphatic carbocycles. The predicted molar refractivity (Wildman–Crippen MR) is 55.0 cm³/mol. The molecule has 64 valence electrons. The molecule has 0 fully saturated rings. The van der Waals surface area contributed by atoms with E-state index in [0.717, 1.165) is 11.8 Å². The van der Waals surface area contributed by atoms with Crippen LogP contribution in [-0.2, 0) is 6.42 Å². The molecule has 1 unspecified atom stereocenters. The van der Waals surface area contributed by atoms with Crippen molar-refractivity contribution in [2.24, 2.45) is 5.92 Å². The first kappa shape index (κ1) is 8.18. The van der Waals surface area contributed by atoms with Crippen LogP contribution in [0.1, 0.15) is 30.9 Å². The van der Waals surface area contributed by atoms with Crippen LogP contribution in [0.2, 0.25) is 0 Å². The van der Waals surface area contributed by atoms with Crippen molar-refractivity contribution < 1.29 is 0 Å². The molecule has 0 amide bonds. The average molecular weight is 178 g/mol. The summed E-state index contributed by atoms with van der Waals surface area (Å²) in [5.41, 5.74) is 3.00. The number of hydrogen-bond donors (Lipinski definition) is 1. The van der Waals surface area contributed by atoms with Gasteiger partial charge in [-0.05, 0) is 35.4 Å². The van der Waals surface area contributed by atoms with Crippen LogP contribution in [0.4, 0.5) is 0 Å². The SMILES string of the molecule is CC(C)C1Cc2cccc(S)c21. The summed E-state index contributed by atoms with van der Waals surface area (Å²) >= 11 is 4.47. The number of fused-ring (bicyclic) bond motifs is 1. The van der Waals surface area contributed by atoms with Gasteiger partial charge in [0, 0.05) is 4.90 Å². The molecule has 2 rings (SSSR count). The van der Waals surface area contributed by atoms with Crippen molar-refractivity contribution in [3.63, 3.8) is 0 Å². The third-order valence-electron chi connectivity index (χ3n) is 2.79. The molecule has 1 heteroatoms. The molecular weight excluding hydrogens is 164 g/mol. The zero-order chi connectivity index (χ0) is 8.72. The summed E-state index contributed by atoms with van der Waals surface area (Å²) in [7, 11) is 0. The maximum Gasteiger partial charge on any atom is 0.00778 e. The number of hydrogen-bond acceptors (Lipinski definition) is 1. The zero-order valence-corrected chi connectivity index (χ0v) is 8.44. The molecule has 0 nitrogen and oxygen atoms in total. The largest absolute Gasteiger partial charge is 0.143 e. The molecule has 0 aromatic heterocycles. The highest BCUT2D eigenvalue weighted by atomic mass is 32.1. The molecule has 0 N–H and O–H groups in total. The summed E-state index contributed by atoms with van der Waals surface area (Å²) in [6, 6.07) is 6.40. The van der Waals surface area contributed by atoms with Crippen molar-refractivity contribution in [2.45, 2.75) is 31.1 Å². The molecule has 0 saturated heterocycles. The van der Waals surface area contributed by atoms with E-state index < -0.39 is 0 Å². The Morgan fingerprint density at radius 1 is 1.42 bits per heavy atom. The molecule has 1 aliphatic rings. The predicted octanol–water partition coefficient (Wildman–Crippen LogP) is 3.27. The van der Waals surface area contributed by atoms with Crippen LogP contribution in [-0.4, -0.2) is 0 Å². The Labute approximate surface area is 79.4 Å². The molecule has 0 saturated carbocycles. The monoisotopic (exact) mass is 178 g/mol. The van der Waals surface area contributed by atoms with Gasteiger partial charge in [-0.1, -0.05) is 26.0 Å². The van der Waals surface area contributed by atoms with Crippen molar-refractivity contribution in [1.82, 2.24) is 0 Å². The van der Waals surface area contributed by atoms with E-state index in [4.69, 9.17) is 0 Å². The summed E-state index contributed by atoms with van der Waals surface area (Å²) in [4.78, 5) is 1.18. The highest BCUT2D eigenvalue weighted by Gasteiger charge is 2.29. The first-order chi connectivity index (χ1) is 5.70. The Morgan fingerprint density at radius 2 is 2.17 bits per heavy atom. The van der Waals surface area contributed by atoms with Gasteiger partial charge in [-0.15, -0.1) is 12.6 Å². The van der Waals surface area contributed by atoms with Crippen LogP contribution in [0.5, 0.6) is 0 Å². The van der Waals surface area contributed by atoms with Gasteiger partial charge in [-0.3, -0.25) is 0 Å². The summed E-state index contributed by atoms with van der Waals surface area (Å²) < 4.78 is 0. The molecule has 12 heavy (non-hydrogen) atoms. The first-order valence-electron chi connectivity index (χ1n) is 4.51. The Morgan fingerprint density at radius 3 is 2.75 bits per heavy atom. The fourth-order valence-corrected chi connectivity index (χ4v) is 2.38. The van der Waals surface area contributed by atoms with Gasteiger partial charge in [0.2, 0.25) is 0 Å². The van der Waals surface area contributed by atoms with E-state index in [2.05, 4.69) is 44.7 Å². The van der Waals surface area contributed by atoms with E-state index in [1.165, 1.54) is 22.4 Å². The Hall–Kier alpha value is -0.430. The van der Waals surface area contributed by atoms with Crippen LogP contribution < -0.4 is 0 Å². The average Bonchev–Trinajstić information content (AvgIpc) is 1.91. The zero-order valence-electron chi connectivity index (χ0n) is 7.54. The number of rotatable bonds is 1. The Kier molecular flexibility index (Phi) is 1.91. The van der Waals surface area contributed by atoms with Gasteiger partial charge >= 0.3 is 0 Å². The van der Waals surface area contributed by atoms with Gasteiger partial charge in [0.05, 0.1) is 0 Å². The highest BCUT2D eigenvalue weighted by molar-refractivity contribution is 7.80. The molecule has 1 atom stereocenters. The lowest BCUT2D eigenvalue weighted by molar-refractivity contribution is 0.443. The molecule has 0 aliphatic heterocycles. The summed E-state index contributed by atoms with van der Waals surface area (Å²) in [6.07, 6.45) is 1.25. The lowest BCUT2D eigenvalue weighted by atomic mass is 9.72. The van der Waals surface area contributed by atoms with Gasteiger partial charge in [-0.2, -0.15) is 0 Å². The first-order valence-corrected chi connectivity index (χ1v) is 4.95. The molecular formula is C11H14S. The van der Waals surface area contributed by atoms with E-state index in [1.807, 2.05) is 0 Å². The Bertz CT molecular complexity index is 288. The van der Waals surface area contributed by atoms with Gasteiger partial charge in [0.25, 0.3) is 0 Å². The van der Waals surface area contributed by atoms with Crippen LogP contribution in [0.25, 0.3) is 0 Å². The molecule has 1 aromatic rings. The van der Waals surface area contributed by atoms with Crippen molar-refractivity contribution >= 4 is 12.6 Å². The molecule has 0 spiro atoms. The van der Waals surface area contributed by atoms with Crippen LogP contribution in [0.15, 0.2) is 23.1 Å². The van der Waals surface area contributed by atoms with Crippen LogP contribution in [0, 0.1) is 5.92 Å². The fraction of sp³-hybridized carbons (Fsp3) is 0.455. The second-order valence-corrected chi connectivity index (χ2v) is 4.39. The standard InChI is InChI=1S/C11H14S/c1-7(2)9-6-8-4-3-5-10(12)11(8)9/h3-5,7,9,12H,6H2,1-2H3. The second-order valence-electron chi connectivity index (χ2n) is 3.90. The van der Waals surface area contributed by atoms with E-state index >= 15 is 0 Å². The second kappa shape index (κ2) is 2.81. The van der Waals surface area contributed by atoms with Gasteiger partial charge in [-0.25, -0.2) is 0 Å². The quantitative estimate of drug-likeness (QED) is 0.627. The third kappa shape index (κ3) is 1.08. The maximum atomic E-state index is 4.47. The molecule has 1 aromatic carbocycles. The minimum atomic E-state index is 0.755. The minimum absolute atomic E-state index is 0.755. The van der Waals surface area contributed by atoms with E-state index in [-0.39, 0.29) is 0 Å². The van der Waals surface area contributed by atoms with Gasteiger partial charge < -0.3 is 0 Å². The third-order valence-corrected chi connectivity index (χ3v) is 3.18. The Balaban J connectivity index is 2.39. The number of thiol groups is 1. The molecule has 0 radical (unpaired) electrons. The number of benzene rings is 1. The van der Waals surface area contributed by atoms with Gasteiger partial charge in [0.1, 0.15) is 0 Å². The van der Waals surface area contributed by atoms with Crippen LogP contribution in [0.3, 0.4) is 0 Å². The summed E-state index contributed by atoms with van der Waals surface area (Å²) in [5.74, 6) is 1.51. The fourth-order valence-electron chi connectivity index (χ4n) is 1.98. The van der Waals surface area contributed by atoms with E-state index in [9.17, 15) is 0 Å². The lowest BCUT2D eigenvalue weighted by Gasteiger charge is -2.34. The van der Waals surface area contributed by atoms with Crippen molar-refractivity contribution in [2.75, 3.05) is 0 Å². The molecule has 0 bridgehead atoms. The molecule has 0 heterocycles. The lowest BCUT2D eigenvalue weighted by Crippen LogP contribution is -2.22. The van der Waals surface area contributed by atoms with Crippen molar-refractivity contribution in [3.05, 3.63) is 29.3 Å². The smallest absolute Gasteiger partial charge is 0.00778 e. The van der Waals surface area contributed by atoms with E-state index in [0.29, 0.717) is 0 Å². The summed E-state index contributed by atoms with van der Waals surface area (Å²) in [5, 5.41) is 0. The minimum Gasteiger partial charge on any atom is -0.143 e. The van der Waals surface area contributed by atoms with Gasteiger partial charge in [0.15, 0.2) is 0 Å². The summed E-state index contributed by atoms with van der Waals surface area (Å²) in [6.45, 7) is 4.57. The van der Waals surface area contributed by atoms with E-state index in [1.54, 1.807) is 0 Å². The maximum absolute atomic E-state index is 4.47. The topological polar surface area (TPSA) is 0 Å².